The van der Waals surface area contributed by atoms with Gasteiger partial charge in [-0.15, -0.1) is 0 Å². The monoisotopic (exact) mass is 362 g/mol. The van der Waals surface area contributed by atoms with Crippen LogP contribution in [0.2, 0.25) is 0 Å². The Hall–Kier alpha value is -3.34. The lowest BCUT2D eigenvalue weighted by Crippen LogP contribution is -2.28. The molecule has 0 saturated carbocycles. The molecule has 0 aromatic heterocycles. The Morgan fingerprint density at radius 2 is 1.81 bits per heavy atom. The normalized spacial score (nSPS) is 10.7. The number of amides is 1. The Labute approximate surface area is 147 Å². The maximum atomic E-state index is 12.6. The van der Waals surface area contributed by atoms with Crippen LogP contribution in [0.25, 0.3) is 0 Å². The van der Waals surface area contributed by atoms with Crippen LogP contribution in [-0.4, -0.2) is 18.5 Å². The Morgan fingerprint density at radius 1 is 1.12 bits per heavy atom. The van der Waals surface area contributed by atoms with E-state index in [-0.39, 0.29) is 17.7 Å². The Morgan fingerprint density at radius 3 is 2.42 bits per heavy atom. The standard InChI is InChI=1S/C18H13F3N2O3/c19-18(20,21)15-3-1-2-13(8-15)10-23-16(24)11-26-17(25)14-6-4-12(9-22)5-7-14/h1-8H,10-11H2,(H,23,24). The van der Waals surface area contributed by atoms with Gasteiger partial charge < -0.3 is 10.1 Å². The van der Waals surface area contributed by atoms with Crippen LogP contribution in [0.1, 0.15) is 27.0 Å². The number of esters is 1. The van der Waals surface area contributed by atoms with Crippen LogP contribution >= 0.6 is 0 Å². The minimum atomic E-state index is -4.46. The first kappa shape index (κ1) is 19.0. The van der Waals surface area contributed by atoms with Gasteiger partial charge in [-0.3, -0.25) is 4.79 Å². The van der Waals surface area contributed by atoms with E-state index >= 15 is 0 Å². The summed E-state index contributed by atoms with van der Waals surface area (Å²) in [6, 6.07) is 12.1. The molecule has 8 heteroatoms. The molecule has 0 aliphatic rings. The highest BCUT2D eigenvalue weighted by atomic mass is 19.4. The number of halogens is 3. The molecule has 0 heterocycles. The van der Waals surface area contributed by atoms with Crippen molar-refractivity contribution in [3.8, 4) is 6.07 Å². The van der Waals surface area contributed by atoms with Gasteiger partial charge in [0.15, 0.2) is 6.61 Å². The third kappa shape index (κ3) is 5.34. The van der Waals surface area contributed by atoms with E-state index in [0.717, 1.165) is 12.1 Å². The van der Waals surface area contributed by atoms with Crippen LogP contribution in [0, 0.1) is 11.3 Å². The van der Waals surface area contributed by atoms with E-state index < -0.39 is 30.2 Å². The highest BCUT2D eigenvalue weighted by Crippen LogP contribution is 2.29. The quantitative estimate of drug-likeness (QED) is 0.829. The zero-order chi connectivity index (χ0) is 19.2. The first-order valence-electron chi connectivity index (χ1n) is 7.39. The predicted molar refractivity (Wildman–Crippen MR) is 84.7 cm³/mol. The first-order valence-corrected chi connectivity index (χ1v) is 7.39. The molecule has 0 bridgehead atoms. The highest BCUT2D eigenvalue weighted by molar-refractivity contribution is 5.91. The summed E-state index contributed by atoms with van der Waals surface area (Å²) < 4.78 is 42.7. The number of nitrogens with zero attached hydrogens (tertiary/aromatic N) is 1. The summed E-state index contributed by atoms with van der Waals surface area (Å²) in [5.74, 6) is -1.40. The molecule has 1 N–H and O–H groups in total. The average molecular weight is 362 g/mol. The van der Waals surface area contributed by atoms with Crippen LogP contribution in [-0.2, 0) is 22.3 Å². The van der Waals surface area contributed by atoms with E-state index in [9.17, 15) is 22.8 Å². The van der Waals surface area contributed by atoms with Crippen molar-refractivity contribution in [2.45, 2.75) is 12.7 Å². The fourth-order valence-electron chi connectivity index (χ4n) is 2.00. The molecule has 0 radical (unpaired) electrons. The molecule has 1 amide bonds. The summed E-state index contributed by atoms with van der Waals surface area (Å²) >= 11 is 0. The molecule has 0 fully saturated rings. The molecule has 5 nitrogen and oxygen atoms in total. The molecular formula is C18H13F3N2O3. The largest absolute Gasteiger partial charge is 0.452 e. The smallest absolute Gasteiger partial charge is 0.416 e. The molecule has 0 unspecified atom stereocenters. The number of ether oxygens (including phenoxy) is 1. The number of rotatable bonds is 5. The molecule has 0 spiro atoms. The molecule has 2 rings (SSSR count). The van der Waals surface area contributed by atoms with Crippen molar-refractivity contribution in [1.29, 1.82) is 5.26 Å². The maximum absolute atomic E-state index is 12.6. The summed E-state index contributed by atoms with van der Waals surface area (Å²) in [5.41, 5.74) is 0.0122. The van der Waals surface area contributed by atoms with Gasteiger partial charge in [-0.25, -0.2) is 4.79 Å². The third-order valence-electron chi connectivity index (χ3n) is 3.33. The number of benzene rings is 2. The second kappa shape index (κ2) is 8.16. The zero-order valence-electron chi connectivity index (χ0n) is 13.3. The molecule has 2 aromatic rings. The Kier molecular flexibility index (Phi) is 5.96. The number of carbonyl (C=O) groups excluding carboxylic acids is 2. The SMILES string of the molecule is N#Cc1ccc(C(=O)OCC(=O)NCc2cccc(C(F)(F)F)c2)cc1. The van der Waals surface area contributed by atoms with E-state index in [1.54, 1.807) is 0 Å². The summed E-state index contributed by atoms with van der Waals surface area (Å²) in [6.07, 6.45) is -4.46. The highest BCUT2D eigenvalue weighted by Gasteiger charge is 2.30. The number of nitrogens with one attached hydrogen (secondary N) is 1. The number of nitriles is 1. The second-order valence-corrected chi connectivity index (χ2v) is 5.24. The molecule has 134 valence electrons. The van der Waals surface area contributed by atoms with Crippen molar-refractivity contribution in [2.24, 2.45) is 0 Å². The van der Waals surface area contributed by atoms with Gasteiger partial charge in [0, 0.05) is 6.54 Å². The number of alkyl halides is 3. The number of hydrogen-bond donors (Lipinski definition) is 1. The topological polar surface area (TPSA) is 79.2 Å². The van der Waals surface area contributed by atoms with E-state index in [1.807, 2.05) is 6.07 Å². The molecule has 0 saturated heterocycles. The summed E-state index contributed by atoms with van der Waals surface area (Å²) in [4.78, 5) is 23.4. The Balaban J connectivity index is 1.83. The number of carbonyl (C=O) groups is 2. The average Bonchev–Trinajstić information content (AvgIpc) is 2.64. The molecule has 26 heavy (non-hydrogen) atoms. The number of hydrogen-bond acceptors (Lipinski definition) is 4. The summed E-state index contributed by atoms with van der Waals surface area (Å²) in [6.45, 7) is -0.699. The van der Waals surface area contributed by atoms with Crippen molar-refractivity contribution >= 4 is 11.9 Å². The summed E-state index contributed by atoms with van der Waals surface area (Å²) in [5, 5.41) is 11.1. The van der Waals surface area contributed by atoms with Gasteiger partial charge in [-0.2, -0.15) is 18.4 Å². The van der Waals surface area contributed by atoms with E-state index in [1.165, 1.54) is 36.4 Å². The van der Waals surface area contributed by atoms with E-state index in [4.69, 9.17) is 10.00 Å². The molecule has 2 aromatic carbocycles. The van der Waals surface area contributed by atoms with Crippen LogP contribution in [0.5, 0.6) is 0 Å². The van der Waals surface area contributed by atoms with Gasteiger partial charge >= 0.3 is 12.1 Å². The molecular weight excluding hydrogens is 349 g/mol. The minimum absolute atomic E-state index is 0.128. The molecule has 0 atom stereocenters. The molecule has 0 aliphatic carbocycles. The van der Waals surface area contributed by atoms with Crippen molar-refractivity contribution in [3.63, 3.8) is 0 Å². The lowest BCUT2D eigenvalue weighted by Gasteiger charge is -2.10. The Bertz CT molecular complexity index is 840. The van der Waals surface area contributed by atoms with Crippen LogP contribution in [0.3, 0.4) is 0 Å². The van der Waals surface area contributed by atoms with Crippen LogP contribution in [0.4, 0.5) is 13.2 Å². The van der Waals surface area contributed by atoms with Crippen molar-refractivity contribution < 1.29 is 27.5 Å². The van der Waals surface area contributed by atoms with Gasteiger partial charge in [0.25, 0.3) is 5.91 Å². The van der Waals surface area contributed by atoms with Crippen molar-refractivity contribution in [3.05, 3.63) is 70.8 Å². The minimum Gasteiger partial charge on any atom is -0.452 e. The fourth-order valence-corrected chi connectivity index (χ4v) is 2.00. The van der Waals surface area contributed by atoms with Crippen LogP contribution in [0.15, 0.2) is 48.5 Å². The van der Waals surface area contributed by atoms with Gasteiger partial charge in [0.2, 0.25) is 0 Å². The maximum Gasteiger partial charge on any atom is 0.416 e. The van der Waals surface area contributed by atoms with E-state index in [2.05, 4.69) is 5.32 Å². The third-order valence-corrected chi connectivity index (χ3v) is 3.33. The fraction of sp³-hybridized carbons (Fsp3) is 0.167. The second-order valence-electron chi connectivity index (χ2n) is 5.24. The van der Waals surface area contributed by atoms with Gasteiger partial charge in [0.05, 0.1) is 22.8 Å². The predicted octanol–water partition coefficient (Wildman–Crippen LogP) is 3.05. The van der Waals surface area contributed by atoms with E-state index in [0.29, 0.717) is 5.56 Å². The first-order chi connectivity index (χ1) is 12.3. The zero-order valence-corrected chi connectivity index (χ0v) is 13.3. The van der Waals surface area contributed by atoms with Crippen LogP contribution < -0.4 is 5.32 Å². The van der Waals surface area contributed by atoms with Gasteiger partial charge in [0.1, 0.15) is 0 Å². The lowest BCUT2D eigenvalue weighted by atomic mass is 10.1. The van der Waals surface area contributed by atoms with Crippen molar-refractivity contribution in [2.75, 3.05) is 6.61 Å². The van der Waals surface area contributed by atoms with Gasteiger partial charge in [-0.1, -0.05) is 12.1 Å². The van der Waals surface area contributed by atoms with Crippen molar-refractivity contribution in [1.82, 2.24) is 5.32 Å². The lowest BCUT2D eigenvalue weighted by molar-refractivity contribution is -0.137. The summed E-state index contributed by atoms with van der Waals surface area (Å²) in [7, 11) is 0. The van der Waals surface area contributed by atoms with Gasteiger partial charge in [-0.05, 0) is 42.0 Å². The molecule has 0 aliphatic heterocycles.